The second-order valence-corrected chi connectivity index (χ2v) is 8.30. The molecule has 1 saturated heterocycles. The van der Waals surface area contributed by atoms with Gasteiger partial charge in [-0.1, -0.05) is 17.7 Å². The molecule has 0 aromatic heterocycles. The summed E-state index contributed by atoms with van der Waals surface area (Å²) in [6, 6.07) is 4.98. The van der Waals surface area contributed by atoms with Gasteiger partial charge in [-0.2, -0.15) is 4.31 Å². The number of hydrogen-bond donors (Lipinski definition) is 0. The van der Waals surface area contributed by atoms with Crippen LogP contribution in [0.3, 0.4) is 0 Å². The zero-order valence-corrected chi connectivity index (χ0v) is 13.7. The van der Waals surface area contributed by atoms with Gasteiger partial charge in [-0.05, 0) is 49.8 Å². The third-order valence-corrected chi connectivity index (χ3v) is 6.38. The molecular weight excluding hydrogens is 310 g/mol. The predicted octanol–water partition coefficient (Wildman–Crippen LogP) is 2.84. The summed E-state index contributed by atoms with van der Waals surface area (Å²) in [4.78, 5) is 0.304. The summed E-state index contributed by atoms with van der Waals surface area (Å²) in [5.74, 6) is 0.700. The lowest BCUT2D eigenvalue weighted by molar-refractivity contribution is 0.0561. The molecule has 21 heavy (non-hydrogen) atoms. The van der Waals surface area contributed by atoms with Gasteiger partial charge in [0.2, 0.25) is 10.0 Å². The highest BCUT2D eigenvalue weighted by atomic mass is 35.5. The number of halogens is 1. The van der Waals surface area contributed by atoms with E-state index < -0.39 is 10.0 Å². The molecule has 1 atom stereocenters. The summed E-state index contributed by atoms with van der Waals surface area (Å²) in [6.45, 7) is 3.53. The maximum atomic E-state index is 12.7. The average molecular weight is 330 g/mol. The zero-order chi connectivity index (χ0) is 15.0. The summed E-state index contributed by atoms with van der Waals surface area (Å²) in [5.41, 5.74) is 0.724. The van der Waals surface area contributed by atoms with Crippen LogP contribution in [0.4, 0.5) is 0 Å². The van der Waals surface area contributed by atoms with Gasteiger partial charge in [0.1, 0.15) is 0 Å². The minimum Gasteiger partial charge on any atom is -0.377 e. The second kappa shape index (κ2) is 5.88. The van der Waals surface area contributed by atoms with E-state index in [1.54, 1.807) is 19.1 Å². The Bertz CT molecular complexity index is 628. The predicted molar refractivity (Wildman–Crippen MR) is 82.0 cm³/mol. The Morgan fingerprint density at radius 3 is 2.81 bits per heavy atom. The molecule has 1 aliphatic heterocycles. The molecule has 1 aliphatic carbocycles. The topological polar surface area (TPSA) is 46.6 Å². The van der Waals surface area contributed by atoms with Crippen molar-refractivity contribution in [3.63, 3.8) is 0 Å². The highest BCUT2D eigenvalue weighted by molar-refractivity contribution is 7.89. The number of hydrogen-bond acceptors (Lipinski definition) is 3. The molecule has 2 aliphatic rings. The third-order valence-electron chi connectivity index (χ3n) is 4.14. The van der Waals surface area contributed by atoms with Crippen molar-refractivity contribution in [3.05, 3.63) is 28.8 Å². The highest BCUT2D eigenvalue weighted by Gasteiger charge is 2.34. The molecule has 0 bridgehead atoms. The number of sulfonamides is 1. The maximum absolute atomic E-state index is 12.7. The van der Waals surface area contributed by atoms with Crippen LogP contribution in [-0.4, -0.2) is 38.5 Å². The normalized spacial score (nSPS) is 23.6. The van der Waals surface area contributed by atoms with Crippen LogP contribution >= 0.6 is 11.6 Å². The minimum absolute atomic E-state index is 0.0277. The average Bonchev–Trinajstić information content (AvgIpc) is 3.15. The molecule has 1 saturated carbocycles. The molecule has 1 heterocycles. The second-order valence-electron chi connectivity index (χ2n) is 5.96. The van der Waals surface area contributed by atoms with Gasteiger partial charge < -0.3 is 4.74 Å². The molecule has 0 radical (unpaired) electrons. The van der Waals surface area contributed by atoms with Crippen molar-refractivity contribution in [2.45, 2.75) is 37.2 Å². The van der Waals surface area contributed by atoms with E-state index in [1.807, 2.05) is 0 Å². The molecule has 1 unspecified atom stereocenters. The monoisotopic (exact) mass is 329 g/mol. The Morgan fingerprint density at radius 1 is 1.33 bits per heavy atom. The molecular formula is C15H20ClNO3S. The molecule has 0 amide bonds. The van der Waals surface area contributed by atoms with Crippen LogP contribution in [0.25, 0.3) is 0 Å². The van der Waals surface area contributed by atoms with Gasteiger partial charge in [0.05, 0.1) is 11.0 Å². The first kappa shape index (κ1) is 15.3. The first-order valence-corrected chi connectivity index (χ1v) is 9.16. The SMILES string of the molecule is Cc1ccc(Cl)cc1S(=O)(=O)N1CCC(OCC2CC2)C1. The largest absolute Gasteiger partial charge is 0.377 e. The Balaban J connectivity index is 1.71. The van der Waals surface area contributed by atoms with E-state index in [1.165, 1.54) is 23.2 Å². The quantitative estimate of drug-likeness (QED) is 0.834. The first-order chi connectivity index (χ1) is 9.96. The van der Waals surface area contributed by atoms with Crippen molar-refractivity contribution in [1.82, 2.24) is 4.31 Å². The van der Waals surface area contributed by atoms with Crippen molar-refractivity contribution < 1.29 is 13.2 Å². The lowest BCUT2D eigenvalue weighted by Gasteiger charge is -2.18. The molecule has 1 aromatic carbocycles. The molecule has 2 fully saturated rings. The van der Waals surface area contributed by atoms with Crippen LogP contribution in [0, 0.1) is 12.8 Å². The molecule has 0 N–H and O–H groups in total. The number of benzene rings is 1. The van der Waals surface area contributed by atoms with Crippen LogP contribution in [-0.2, 0) is 14.8 Å². The third kappa shape index (κ3) is 3.42. The van der Waals surface area contributed by atoms with Gasteiger partial charge in [0.25, 0.3) is 0 Å². The summed E-state index contributed by atoms with van der Waals surface area (Å²) in [6.07, 6.45) is 3.29. The summed E-state index contributed by atoms with van der Waals surface area (Å²) in [5, 5.41) is 0.444. The summed E-state index contributed by atoms with van der Waals surface area (Å²) < 4.78 is 32.8. The molecule has 116 valence electrons. The Kier molecular flexibility index (Phi) is 4.28. The Labute approximate surface area is 131 Å². The van der Waals surface area contributed by atoms with E-state index >= 15 is 0 Å². The molecule has 0 spiro atoms. The van der Waals surface area contributed by atoms with Crippen molar-refractivity contribution in [1.29, 1.82) is 0 Å². The number of aryl methyl sites for hydroxylation is 1. The first-order valence-electron chi connectivity index (χ1n) is 7.35. The molecule has 1 aromatic rings. The number of ether oxygens (including phenoxy) is 1. The Morgan fingerprint density at radius 2 is 2.10 bits per heavy atom. The van der Waals surface area contributed by atoms with Crippen LogP contribution in [0.2, 0.25) is 5.02 Å². The van der Waals surface area contributed by atoms with E-state index in [-0.39, 0.29) is 6.10 Å². The highest BCUT2D eigenvalue weighted by Crippen LogP contribution is 2.31. The number of rotatable bonds is 5. The summed E-state index contributed by atoms with van der Waals surface area (Å²) >= 11 is 5.94. The van der Waals surface area contributed by atoms with Gasteiger partial charge in [0.15, 0.2) is 0 Å². The van der Waals surface area contributed by atoms with E-state index in [9.17, 15) is 8.42 Å². The van der Waals surface area contributed by atoms with Crippen LogP contribution < -0.4 is 0 Å². The zero-order valence-electron chi connectivity index (χ0n) is 12.1. The van der Waals surface area contributed by atoms with E-state index in [2.05, 4.69) is 0 Å². The maximum Gasteiger partial charge on any atom is 0.243 e. The van der Waals surface area contributed by atoms with Crippen LogP contribution in [0.5, 0.6) is 0 Å². The molecule has 4 nitrogen and oxygen atoms in total. The van der Waals surface area contributed by atoms with Crippen LogP contribution in [0.1, 0.15) is 24.8 Å². The fraction of sp³-hybridized carbons (Fsp3) is 0.600. The van der Waals surface area contributed by atoms with Gasteiger partial charge in [0, 0.05) is 24.7 Å². The van der Waals surface area contributed by atoms with E-state index in [4.69, 9.17) is 16.3 Å². The van der Waals surface area contributed by atoms with E-state index in [0.717, 1.165) is 18.6 Å². The van der Waals surface area contributed by atoms with Crippen molar-refractivity contribution >= 4 is 21.6 Å². The van der Waals surface area contributed by atoms with E-state index in [0.29, 0.717) is 28.9 Å². The van der Waals surface area contributed by atoms with Gasteiger partial charge >= 0.3 is 0 Å². The van der Waals surface area contributed by atoms with Gasteiger partial charge in [-0.25, -0.2) is 8.42 Å². The standard InChI is InChI=1S/C15H20ClNO3S/c1-11-2-5-13(16)8-15(11)21(18,19)17-7-6-14(9-17)20-10-12-3-4-12/h2,5,8,12,14H,3-4,6-7,9-10H2,1H3. The Hall–Kier alpha value is -0.620. The fourth-order valence-corrected chi connectivity index (χ4v) is 4.57. The summed E-state index contributed by atoms with van der Waals surface area (Å²) in [7, 11) is -3.48. The smallest absolute Gasteiger partial charge is 0.243 e. The van der Waals surface area contributed by atoms with Crippen LogP contribution in [0.15, 0.2) is 23.1 Å². The molecule has 6 heteroatoms. The molecule has 3 rings (SSSR count). The minimum atomic E-state index is -3.48. The lowest BCUT2D eigenvalue weighted by Crippen LogP contribution is -2.31. The van der Waals surface area contributed by atoms with Crippen molar-refractivity contribution in [3.8, 4) is 0 Å². The van der Waals surface area contributed by atoms with Crippen molar-refractivity contribution in [2.75, 3.05) is 19.7 Å². The fourth-order valence-electron chi connectivity index (χ4n) is 2.60. The van der Waals surface area contributed by atoms with Gasteiger partial charge in [-0.15, -0.1) is 0 Å². The van der Waals surface area contributed by atoms with Gasteiger partial charge in [-0.3, -0.25) is 0 Å². The van der Waals surface area contributed by atoms with Crippen molar-refractivity contribution in [2.24, 2.45) is 5.92 Å². The number of nitrogens with zero attached hydrogens (tertiary/aromatic N) is 1. The lowest BCUT2D eigenvalue weighted by atomic mass is 10.2.